The lowest BCUT2D eigenvalue weighted by Gasteiger charge is -2.17. The Morgan fingerprint density at radius 3 is 2.55 bits per heavy atom. The van der Waals surface area contributed by atoms with Gasteiger partial charge in [-0.2, -0.15) is 0 Å². The number of carbonyl (C=O) groups excluding carboxylic acids is 2. The van der Waals surface area contributed by atoms with Crippen LogP contribution in [0.15, 0.2) is 46.9 Å². The van der Waals surface area contributed by atoms with Crippen molar-refractivity contribution in [2.75, 3.05) is 27.9 Å². The fourth-order valence-corrected chi connectivity index (χ4v) is 3.17. The number of ether oxygens (including phenoxy) is 3. The number of esters is 1. The summed E-state index contributed by atoms with van der Waals surface area (Å²) in [7, 11) is 4.63. The first-order valence-electron chi connectivity index (χ1n) is 8.59. The molecule has 8 heteroatoms. The van der Waals surface area contributed by atoms with Crippen molar-refractivity contribution in [3.8, 4) is 11.5 Å². The first-order chi connectivity index (χ1) is 13.8. The molecule has 2 aromatic rings. The molecule has 29 heavy (non-hydrogen) atoms. The van der Waals surface area contributed by atoms with Crippen LogP contribution in [0.4, 0.5) is 0 Å². The summed E-state index contributed by atoms with van der Waals surface area (Å²) in [4.78, 5) is 25.6. The molecule has 2 aromatic carbocycles. The maximum atomic E-state index is 12.2. The number of methoxy groups -OCH3 is 2. The van der Waals surface area contributed by atoms with Gasteiger partial charge < -0.3 is 19.1 Å². The minimum absolute atomic E-state index is 0.309. The van der Waals surface area contributed by atoms with Gasteiger partial charge in [-0.1, -0.05) is 45.7 Å². The minimum Gasteiger partial charge on any atom is -0.493 e. The number of hydrogen-bond donors (Lipinski definition) is 0. The molecule has 0 radical (unpaired) electrons. The van der Waals surface area contributed by atoms with Gasteiger partial charge in [0.2, 0.25) is 0 Å². The summed E-state index contributed by atoms with van der Waals surface area (Å²) in [6, 6.07) is 10.9. The predicted molar refractivity (Wildman–Crippen MR) is 115 cm³/mol. The third-order valence-electron chi connectivity index (χ3n) is 4.00. The van der Waals surface area contributed by atoms with E-state index in [4.69, 9.17) is 25.8 Å². The van der Waals surface area contributed by atoms with E-state index in [2.05, 4.69) is 15.9 Å². The Balaban J connectivity index is 1.91. The summed E-state index contributed by atoms with van der Waals surface area (Å²) in [5.74, 6) is -0.0975. The van der Waals surface area contributed by atoms with Gasteiger partial charge in [0, 0.05) is 24.1 Å². The molecule has 0 N–H and O–H groups in total. The van der Waals surface area contributed by atoms with E-state index >= 15 is 0 Å². The number of halogens is 2. The Morgan fingerprint density at radius 1 is 1.17 bits per heavy atom. The zero-order chi connectivity index (χ0) is 21.4. The summed E-state index contributed by atoms with van der Waals surface area (Å²) in [6.07, 6.45) is 2.74. The van der Waals surface area contributed by atoms with Crippen LogP contribution in [0.5, 0.6) is 11.5 Å². The molecule has 0 aliphatic rings. The zero-order valence-electron chi connectivity index (χ0n) is 16.3. The fraction of sp³-hybridized carbons (Fsp3) is 0.238. The molecule has 2 rings (SSSR count). The van der Waals surface area contributed by atoms with E-state index in [1.807, 2.05) is 24.3 Å². The number of benzene rings is 2. The maximum Gasteiger partial charge on any atom is 0.331 e. The molecular weight excluding hydrogens is 462 g/mol. The van der Waals surface area contributed by atoms with Crippen LogP contribution in [0, 0.1) is 0 Å². The van der Waals surface area contributed by atoms with E-state index in [1.165, 1.54) is 31.3 Å². The quantitative estimate of drug-likeness (QED) is 0.414. The fourth-order valence-electron chi connectivity index (χ4n) is 2.46. The first-order valence-corrected chi connectivity index (χ1v) is 9.76. The van der Waals surface area contributed by atoms with Crippen LogP contribution in [-0.2, 0) is 20.9 Å². The van der Waals surface area contributed by atoms with Gasteiger partial charge in [0.1, 0.15) is 0 Å². The molecule has 0 spiro atoms. The summed E-state index contributed by atoms with van der Waals surface area (Å²) in [5.41, 5.74) is 1.59. The second-order valence-electron chi connectivity index (χ2n) is 6.02. The average Bonchev–Trinajstić information content (AvgIpc) is 2.71. The van der Waals surface area contributed by atoms with Crippen LogP contribution in [0.25, 0.3) is 6.08 Å². The molecule has 0 aromatic heterocycles. The Bertz CT molecular complexity index is 916. The van der Waals surface area contributed by atoms with Crippen LogP contribution in [-0.4, -0.2) is 44.7 Å². The average molecular weight is 483 g/mol. The first kappa shape index (κ1) is 22.8. The molecular formula is C21H21BrClNO5. The van der Waals surface area contributed by atoms with Gasteiger partial charge >= 0.3 is 5.97 Å². The van der Waals surface area contributed by atoms with Crippen molar-refractivity contribution in [2.45, 2.75) is 6.54 Å². The van der Waals surface area contributed by atoms with E-state index in [0.717, 1.165) is 10.0 Å². The third-order valence-corrected chi connectivity index (χ3v) is 5.05. The van der Waals surface area contributed by atoms with Crippen molar-refractivity contribution in [2.24, 2.45) is 0 Å². The van der Waals surface area contributed by atoms with Gasteiger partial charge in [-0.05, 0) is 35.4 Å². The molecule has 0 atom stereocenters. The minimum atomic E-state index is -0.640. The predicted octanol–water partition coefficient (Wildman–Crippen LogP) is 4.33. The van der Waals surface area contributed by atoms with Gasteiger partial charge in [0.05, 0.1) is 19.2 Å². The second kappa shape index (κ2) is 10.9. The lowest BCUT2D eigenvalue weighted by molar-refractivity contribution is -0.147. The standard InChI is InChI=1S/C21H21BrClNO5/c1-24(12-15-6-4-5-7-16(15)22)19(25)13-29-20(26)9-8-14-10-17(23)21(28-3)18(11-14)27-2/h4-11H,12-13H2,1-3H3/b9-8+. The number of amides is 1. The van der Waals surface area contributed by atoms with Gasteiger partial charge in [-0.3, -0.25) is 4.79 Å². The molecule has 0 saturated carbocycles. The number of hydrogen-bond acceptors (Lipinski definition) is 5. The summed E-state index contributed by atoms with van der Waals surface area (Å²) in [6.45, 7) is 0.0502. The molecule has 1 amide bonds. The van der Waals surface area contributed by atoms with E-state index in [0.29, 0.717) is 28.6 Å². The summed E-state index contributed by atoms with van der Waals surface area (Å²) < 4.78 is 16.3. The Morgan fingerprint density at radius 2 is 1.90 bits per heavy atom. The lowest BCUT2D eigenvalue weighted by atomic mass is 10.2. The highest BCUT2D eigenvalue weighted by Gasteiger charge is 2.13. The molecule has 0 saturated heterocycles. The van der Waals surface area contributed by atoms with Crippen molar-refractivity contribution in [1.82, 2.24) is 4.90 Å². The Hall–Kier alpha value is -2.51. The molecule has 0 bridgehead atoms. The van der Waals surface area contributed by atoms with Crippen LogP contribution in [0.1, 0.15) is 11.1 Å². The van der Waals surface area contributed by atoms with Crippen molar-refractivity contribution >= 4 is 45.5 Å². The summed E-state index contributed by atoms with van der Waals surface area (Å²) in [5, 5.41) is 0.351. The second-order valence-corrected chi connectivity index (χ2v) is 7.28. The smallest absolute Gasteiger partial charge is 0.331 e. The molecule has 0 fully saturated rings. The van der Waals surface area contributed by atoms with Crippen LogP contribution in [0.3, 0.4) is 0 Å². The third kappa shape index (κ3) is 6.51. The van der Waals surface area contributed by atoms with Crippen LogP contribution in [0.2, 0.25) is 5.02 Å². The van der Waals surface area contributed by atoms with Crippen LogP contribution >= 0.6 is 27.5 Å². The maximum absolute atomic E-state index is 12.2. The Kier molecular flexibility index (Phi) is 8.54. The highest BCUT2D eigenvalue weighted by Crippen LogP contribution is 2.36. The van der Waals surface area contributed by atoms with Crippen molar-refractivity contribution in [3.05, 3.63) is 63.1 Å². The Labute approximate surface area is 183 Å². The molecule has 0 unspecified atom stereocenters. The SMILES string of the molecule is COc1cc(/C=C/C(=O)OCC(=O)N(C)Cc2ccccc2Br)cc(Cl)c1OC. The van der Waals surface area contributed by atoms with Gasteiger partial charge in [-0.15, -0.1) is 0 Å². The molecule has 0 heterocycles. The van der Waals surface area contributed by atoms with E-state index in [-0.39, 0.29) is 12.5 Å². The molecule has 154 valence electrons. The number of nitrogens with zero attached hydrogens (tertiary/aromatic N) is 1. The van der Waals surface area contributed by atoms with Crippen molar-refractivity contribution in [1.29, 1.82) is 0 Å². The highest BCUT2D eigenvalue weighted by atomic mass is 79.9. The number of carbonyl (C=O) groups is 2. The lowest BCUT2D eigenvalue weighted by Crippen LogP contribution is -2.30. The van der Waals surface area contributed by atoms with Gasteiger partial charge in [-0.25, -0.2) is 4.79 Å². The normalized spacial score (nSPS) is 10.7. The topological polar surface area (TPSA) is 65.1 Å². The van der Waals surface area contributed by atoms with Crippen molar-refractivity contribution < 1.29 is 23.8 Å². The van der Waals surface area contributed by atoms with Gasteiger partial charge in [0.15, 0.2) is 18.1 Å². The van der Waals surface area contributed by atoms with Gasteiger partial charge in [0.25, 0.3) is 5.91 Å². The molecule has 0 aliphatic carbocycles. The number of likely N-dealkylation sites (N-methyl/N-ethyl adjacent to an activating group) is 1. The monoisotopic (exact) mass is 481 g/mol. The molecule has 0 aliphatic heterocycles. The van der Waals surface area contributed by atoms with Crippen LogP contribution < -0.4 is 9.47 Å². The highest BCUT2D eigenvalue weighted by molar-refractivity contribution is 9.10. The number of rotatable bonds is 8. The molecule has 6 nitrogen and oxygen atoms in total. The van der Waals surface area contributed by atoms with Crippen molar-refractivity contribution in [3.63, 3.8) is 0 Å². The largest absolute Gasteiger partial charge is 0.493 e. The summed E-state index contributed by atoms with van der Waals surface area (Å²) >= 11 is 9.58. The van der Waals surface area contributed by atoms with E-state index in [1.54, 1.807) is 19.2 Å². The van der Waals surface area contributed by atoms with E-state index in [9.17, 15) is 9.59 Å². The zero-order valence-corrected chi connectivity index (χ0v) is 18.6. The van der Waals surface area contributed by atoms with E-state index < -0.39 is 5.97 Å².